The SMILES string of the molecule is Cc1cc(OCC(=O)N2CCCC(CCC(=O)O)C2)ccc1Cl. The molecule has 1 amide bonds. The van der Waals surface area contributed by atoms with Gasteiger partial charge in [-0.05, 0) is 55.9 Å². The largest absolute Gasteiger partial charge is 0.484 e. The monoisotopic (exact) mass is 339 g/mol. The fourth-order valence-electron chi connectivity index (χ4n) is 2.80. The van der Waals surface area contributed by atoms with Crippen LogP contribution in [0.15, 0.2) is 18.2 Å². The summed E-state index contributed by atoms with van der Waals surface area (Å²) >= 11 is 5.96. The Morgan fingerprint density at radius 3 is 2.91 bits per heavy atom. The Morgan fingerprint density at radius 1 is 1.43 bits per heavy atom. The lowest BCUT2D eigenvalue weighted by atomic mass is 9.93. The average Bonchev–Trinajstić information content (AvgIpc) is 2.54. The molecule has 1 unspecified atom stereocenters. The zero-order valence-electron chi connectivity index (χ0n) is 13.3. The summed E-state index contributed by atoms with van der Waals surface area (Å²) in [5, 5.41) is 9.43. The van der Waals surface area contributed by atoms with Crippen molar-refractivity contribution >= 4 is 23.5 Å². The van der Waals surface area contributed by atoms with Crippen molar-refractivity contribution < 1.29 is 19.4 Å². The number of carboxylic acid groups (broad SMARTS) is 1. The van der Waals surface area contributed by atoms with Gasteiger partial charge in [-0.3, -0.25) is 9.59 Å². The third-order valence-electron chi connectivity index (χ3n) is 4.13. The zero-order valence-corrected chi connectivity index (χ0v) is 14.0. The summed E-state index contributed by atoms with van der Waals surface area (Å²) in [7, 11) is 0. The maximum Gasteiger partial charge on any atom is 0.303 e. The van der Waals surface area contributed by atoms with Crippen molar-refractivity contribution in [2.24, 2.45) is 5.92 Å². The minimum absolute atomic E-state index is 0.00722. The first kappa shape index (κ1) is 17.6. The number of ether oxygens (including phenoxy) is 1. The standard InChI is InChI=1S/C17H22ClNO4/c1-12-9-14(5-6-15(12)18)23-11-16(20)19-8-2-3-13(10-19)4-7-17(21)22/h5-6,9,13H,2-4,7-8,10-11H2,1H3,(H,21,22). The van der Waals surface area contributed by atoms with Crippen molar-refractivity contribution in [2.75, 3.05) is 19.7 Å². The highest BCUT2D eigenvalue weighted by atomic mass is 35.5. The highest BCUT2D eigenvalue weighted by Crippen LogP contribution is 2.23. The van der Waals surface area contributed by atoms with Crippen molar-refractivity contribution in [3.05, 3.63) is 28.8 Å². The van der Waals surface area contributed by atoms with Crippen LogP contribution in [0.3, 0.4) is 0 Å². The van der Waals surface area contributed by atoms with Crippen LogP contribution in [0, 0.1) is 12.8 Å². The Labute approximate surface area is 141 Å². The number of aliphatic carboxylic acids is 1. The molecule has 1 N–H and O–H groups in total. The molecule has 1 aromatic carbocycles. The number of hydrogen-bond donors (Lipinski definition) is 1. The minimum atomic E-state index is -0.783. The number of nitrogens with zero attached hydrogens (tertiary/aromatic N) is 1. The van der Waals surface area contributed by atoms with E-state index in [1.807, 2.05) is 13.0 Å². The summed E-state index contributed by atoms with van der Waals surface area (Å²) in [6, 6.07) is 5.30. The minimum Gasteiger partial charge on any atom is -0.484 e. The molecule has 0 spiro atoms. The van der Waals surface area contributed by atoms with E-state index in [0.29, 0.717) is 30.3 Å². The predicted molar refractivity (Wildman–Crippen MR) is 87.9 cm³/mol. The van der Waals surface area contributed by atoms with Gasteiger partial charge >= 0.3 is 5.97 Å². The molecule has 1 fully saturated rings. The van der Waals surface area contributed by atoms with Crippen LogP contribution in [0.25, 0.3) is 0 Å². The molecule has 1 atom stereocenters. The van der Waals surface area contributed by atoms with Gasteiger partial charge in [0.15, 0.2) is 6.61 Å². The van der Waals surface area contributed by atoms with Gasteiger partial charge in [0.1, 0.15) is 5.75 Å². The highest BCUT2D eigenvalue weighted by molar-refractivity contribution is 6.31. The fourth-order valence-corrected chi connectivity index (χ4v) is 2.92. The Kier molecular flexibility index (Phi) is 6.28. The van der Waals surface area contributed by atoms with Crippen LogP contribution in [0.1, 0.15) is 31.2 Å². The number of carboxylic acids is 1. The van der Waals surface area contributed by atoms with E-state index in [-0.39, 0.29) is 24.9 Å². The highest BCUT2D eigenvalue weighted by Gasteiger charge is 2.24. The second-order valence-corrected chi connectivity index (χ2v) is 6.39. The van der Waals surface area contributed by atoms with Crippen molar-refractivity contribution in [1.82, 2.24) is 4.90 Å². The van der Waals surface area contributed by atoms with Gasteiger partial charge < -0.3 is 14.7 Å². The third-order valence-corrected chi connectivity index (χ3v) is 4.55. The number of hydrogen-bond acceptors (Lipinski definition) is 3. The second-order valence-electron chi connectivity index (χ2n) is 5.98. The Balaban J connectivity index is 1.82. The predicted octanol–water partition coefficient (Wildman–Crippen LogP) is 3.13. The van der Waals surface area contributed by atoms with E-state index in [2.05, 4.69) is 0 Å². The molecule has 23 heavy (non-hydrogen) atoms. The number of amides is 1. The van der Waals surface area contributed by atoms with Gasteiger partial charge in [0.25, 0.3) is 5.91 Å². The number of piperidine rings is 1. The maximum atomic E-state index is 12.3. The molecular formula is C17H22ClNO4. The molecule has 0 aliphatic carbocycles. The van der Waals surface area contributed by atoms with Gasteiger partial charge in [-0.25, -0.2) is 0 Å². The van der Waals surface area contributed by atoms with Crippen LogP contribution in [0.4, 0.5) is 0 Å². The van der Waals surface area contributed by atoms with Gasteiger partial charge in [0.05, 0.1) is 0 Å². The normalized spacial score (nSPS) is 17.8. The maximum absolute atomic E-state index is 12.3. The molecule has 0 bridgehead atoms. The number of halogens is 1. The van der Waals surface area contributed by atoms with Gasteiger partial charge in [-0.15, -0.1) is 0 Å². The molecule has 1 aromatic rings. The number of likely N-dealkylation sites (tertiary alicyclic amines) is 1. The summed E-state index contributed by atoms with van der Waals surface area (Å²) in [6.07, 6.45) is 2.67. The van der Waals surface area contributed by atoms with Gasteiger partial charge in [-0.2, -0.15) is 0 Å². The average molecular weight is 340 g/mol. The number of carbonyl (C=O) groups is 2. The molecule has 1 saturated heterocycles. The third kappa shape index (κ3) is 5.43. The van der Waals surface area contributed by atoms with E-state index in [1.165, 1.54) is 0 Å². The first-order chi connectivity index (χ1) is 11.0. The summed E-state index contributed by atoms with van der Waals surface area (Å²) in [4.78, 5) is 24.7. The zero-order chi connectivity index (χ0) is 16.8. The van der Waals surface area contributed by atoms with Crippen molar-refractivity contribution in [1.29, 1.82) is 0 Å². The van der Waals surface area contributed by atoms with E-state index in [9.17, 15) is 9.59 Å². The summed E-state index contributed by atoms with van der Waals surface area (Å²) in [5.41, 5.74) is 0.906. The first-order valence-corrected chi connectivity index (χ1v) is 8.22. The molecule has 126 valence electrons. The first-order valence-electron chi connectivity index (χ1n) is 7.84. The molecule has 1 aliphatic rings. The Hall–Kier alpha value is -1.75. The van der Waals surface area contributed by atoms with E-state index in [1.54, 1.807) is 17.0 Å². The number of aryl methyl sites for hydroxylation is 1. The Morgan fingerprint density at radius 2 is 2.22 bits per heavy atom. The van der Waals surface area contributed by atoms with Gasteiger partial charge in [-0.1, -0.05) is 11.6 Å². The summed E-state index contributed by atoms with van der Waals surface area (Å²) in [6.45, 7) is 3.21. The lowest BCUT2D eigenvalue weighted by Crippen LogP contribution is -2.42. The van der Waals surface area contributed by atoms with E-state index in [0.717, 1.165) is 18.4 Å². The van der Waals surface area contributed by atoms with Crippen LogP contribution in [0.5, 0.6) is 5.75 Å². The van der Waals surface area contributed by atoms with Crippen LogP contribution in [0.2, 0.25) is 5.02 Å². The Bertz CT molecular complexity index is 576. The van der Waals surface area contributed by atoms with Crippen molar-refractivity contribution in [3.8, 4) is 5.75 Å². The summed E-state index contributed by atoms with van der Waals surface area (Å²) < 4.78 is 5.55. The quantitative estimate of drug-likeness (QED) is 0.864. The van der Waals surface area contributed by atoms with E-state index in [4.69, 9.17) is 21.4 Å². The molecule has 0 radical (unpaired) electrons. The second kappa shape index (κ2) is 8.20. The van der Waals surface area contributed by atoms with Crippen LogP contribution in [-0.4, -0.2) is 41.6 Å². The van der Waals surface area contributed by atoms with Crippen LogP contribution < -0.4 is 4.74 Å². The lowest BCUT2D eigenvalue weighted by Gasteiger charge is -2.32. The molecule has 2 rings (SSSR count). The molecule has 1 aliphatic heterocycles. The molecule has 0 aromatic heterocycles. The number of benzene rings is 1. The smallest absolute Gasteiger partial charge is 0.303 e. The van der Waals surface area contributed by atoms with Crippen molar-refractivity contribution in [3.63, 3.8) is 0 Å². The number of carbonyl (C=O) groups excluding carboxylic acids is 1. The van der Waals surface area contributed by atoms with Crippen molar-refractivity contribution in [2.45, 2.75) is 32.6 Å². The molecule has 1 heterocycles. The molecule has 5 nitrogen and oxygen atoms in total. The van der Waals surface area contributed by atoms with Gasteiger partial charge in [0, 0.05) is 24.5 Å². The molecular weight excluding hydrogens is 318 g/mol. The lowest BCUT2D eigenvalue weighted by molar-refractivity contribution is -0.137. The topological polar surface area (TPSA) is 66.8 Å². The fraction of sp³-hybridized carbons (Fsp3) is 0.529. The van der Waals surface area contributed by atoms with E-state index >= 15 is 0 Å². The van der Waals surface area contributed by atoms with Crippen LogP contribution in [-0.2, 0) is 9.59 Å². The summed E-state index contributed by atoms with van der Waals surface area (Å²) in [5.74, 6) is 0.0498. The number of rotatable bonds is 6. The van der Waals surface area contributed by atoms with Gasteiger partial charge in [0.2, 0.25) is 0 Å². The van der Waals surface area contributed by atoms with E-state index < -0.39 is 5.97 Å². The molecule has 0 saturated carbocycles. The van der Waals surface area contributed by atoms with Crippen LogP contribution >= 0.6 is 11.6 Å². The molecule has 6 heteroatoms.